The second-order valence-electron chi connectivity index (χ2n) is 5.50. The van der Waals surface area contributed by atoms with Crippen LogP contribution in [0.1, 0.15) is 5.69 Å². The molecule has 0 fully saturated rings. The molecule has 1 aromatic rings. The standard InChI is InChI=1S/C18H30N4O6/c1-17-16-18(2-3-20-17)28-15-14-27-13-12-26-11-10-25-9-8-24-7-6-23-5-4-21-22-19/h2-3,16H,4-15H2,1H3. The molecule has 0 aliphatic rings. The highest BCUT2D eigenvalue weighted by Crippen LogP contribution is 2.09. The predicted octanol–water partition coefficient (Wildman–Crippen LogP) is 2.16. The van der Waals surface area contributed by atoms with Gasteiger partial charge in [-0.3, -0.25) is 4.98 Å². The zero-order valence-corrected chi connectivity index (χ0v) is 16.5. The Morgan fingerprint density at radius 1 is 0.821 bits per heavy atom. The molecular weight excluding hydrogens is 368 g/mol. The lowest BCUT2D eigenvalue weighted by Gasteiger charge is -2.08. The van der Waals surface area contributed by atoms with Crippen LogP contribution in [0, 0.1) is 6.92 Å². The Morgan fingerprint density at radius 3 is 1.82 bits per heavy atom. The average molecular weight is 398 g/mol. The maximum absolute atomic E-state index is 8.09. The van der Waals surface area contributed by atoms with Crippen LogP contribution in [0.2, 0.25) is 0 Å². The summed E-state index contributed by atoms with van der Waals surface area (Å²) >= 11 is 0. The summed E-state index contributed by atoms with van der Waals surface area (Å²) in [5, 5.41) is 3.36. The third kappa shape index (κ3) is 15.2. The van der Waals surface area contributed by atoms with Crippen LogP contribution < -0.4 is 4.74 Å². The van der Waals surface area contributed by atoms with Gasteiger partial charge in [0.2, 0.25) is 0 Å². The fourth-order valence-corrected chi connectivity index (χ4v) is 1.96. The summed E-state index contributed by atoms with van der Waals surface area (Å²) in [4.78, 5) is 6.74. The van der Waals surface area contributed by atoms with E-state index in [0.717, 1.165) is 11.4 Å². The molecule has 0 unspecified atom stereocenters. The smallest absolute Gasteiger partial charge is 0.122 e. The highest BCUT2D eigenvalue weighted by molar-refractivity contribution is 5.21. The topological polar surface area (TPSA) is 117 Å². The highest BCUT2D eigenvalue weighted by atomic mass is 16.6. The molecule has 10 nitrogen and oxygen atoms in total. The number of ether oxygens (including phenoxy) is 6. The van der Waals surface area contributed by atoms with Crippen molar-refractivity contribution in [1.82, 2.24) is 4.98 Å². The van der Waals surface area contributed by atoms with E-state index in [1.807, 2.05) is 19.1 Å². The van der Waals surface area contributed by atoms with Crippen LogP contribution in [0.15, 0.2) is 23.4 Å². The van der Waals surface area contributed by atoms with Crippen molar-refractivity contribution in [2.24, 2.45) is 5.11 Å². The van der Waals surface area contributed by atoms with Gasteiger partial charge in [0.1, 0.15) is 12.4 Å². The van der Waals surface area contributed by atoms with E-state index in [9.17, 15) is 0 Å². The lowest BCUT2D eigenvalue weighted by Crippen LogP contribution is -2.14. The van der Waals surface area contributed by atoms with E-state index >= 15 is 0 Å². The number of hydrogen-bond acceptors (Lipinski definition) is 8. The van der Waals surface area contributed by atoms with Crippen molar-refractivity contribution < 1.29 is 28.4 Å². The van der Waals surface area contributed by atoms with Gasteiger partial charge < -0.3 is 28.4 Å². The van der Waals surface area contributed by atoms with Crippen molar-refractivity contribution in [2.45, 2.75) is 6.92 Å². The third-order valence-electron chi connectivity index (χ3n) is 3.25. The van der Waals surface area contributed by atoms with Crippen molar-refractivity contribution >= 4 is 0 Å². The molecule has 0 bridgehead atoms. The number of aromatic nitrogens is 1. The van der Waals surface area contributed by atoms with E-state index in [-0.39, 0.29) is 0 Å². The summed E-state index contributed by atoms with van der Waals surface area (Å²) in [6.45, 7) is 7.67. The Kier molecular flexibility index (Phi) is 15.9. The molecule has 0 saturated carbocycles. The van der Waals surface area contributed by atoms with E-state index in [4.69, 9.17) is 34.0 Å². The van der Waals surface area contributed by atoms with E-state index in [2.05, 4.69) is 15.0 Å². The van der Waals surface area contributed by atoms with Gasteiger partial charge in [-0.25, -0.2) is 0 Å². The lowest BCUT2D eigenvalue weighted by molar-refractivity contribution is -0.0122. The first-order valence-corrected chi connectivity index (χ1v) is 9.28. The van der Waals surface area contributed by atoms with Crippen LogP contribution in [0.4, 0.5) is 0 Å². The van der Waals surface area contributed by atoms with Crippen LogP contribution >= 0.6 is 0 Å². The number of pyridine rings is 1. The van der Waals surface area contributed by atoms with Gasteiger partial charge in [0.25, 0.3) is 0 Å². The fourth-order valence-electron chi connectivity index (χ4n) is 1.96. The van der Waals surface area contributed by atoms with E-state index < -0.39 is 0 Å². The molecule has 0 atom stereocenters. The van der Waals surface area contributed by atoms with E-state index in [1.54, 1.807) is 6.20 Å². The SMILES string of the molecule is Cc1cc(OCCOCCOCCOCCOCCOCCN=[N+]=[N-])ccn1. The van der Waals surface area contributed by atoms with Crippen molar-refractivity contribution in [3.8, 4) is 5.75 Å². The first-order chi connectivity index (χ1) is 13.8. The van der Waals surface area contributed by atoms with Gasteiger partial charge >= 0.3 is 0 Å². The quantitative estimate of drug-likeness (QED) is 0.152. The van der Waals surface area contributed by atoms with Gasteiger partial charge in [0, 0.05) is 29.4 Å². The lowest BCUT2D eigenvalue weighted by atomic mass is 10.4. The molecule has 0 N–H and O–H groups in total. The maximum atomic E-state index is 8.09. The minimum absolute atomic E-state index is 0.337. The highest BCUT2D eigenvalue weighted by Gasteiger charge is 1.96. The first kappa shape index (κ1) is 24.1. The van der Waals surface area contributed by atoms with Crippen LogP contribution in [-0.2, 0) is 23.7 Å². The summed E-state index contributed by atoms with van der Waals surface area (Å²) in [5.74, 6) is 0.798. The number of nitrogens with zero attached hydrogens (tertiary/aromatic N) is 4. The average Bonchev–Trinajstić information content (AvgIpc) is 2.70. The van der Waals surface area contributed by atoms with Crippen molar-refractivity contribution in [2.75, 3.05) is 79.2 Å². The first-order valence-electron chi connectivity index (χ1n) is 9.28. The van der Waals surface area contributed by atoms with Crippen molar-refractivity contribution in [3.05, 3.63) is 34.5 Å². The number of hydrogen-bond donors (Lipinski definition) is 0. The van der Waals surface area contributed by atoms with Crippen LogP contribution in [0.25, 0.3) is 10.4 Å². The maximum Gasteiger partial charge on any atom is 0.122 e. The minimum atomic E-state index is 0.337. The zero-order valence-electron chi connectivity index (χ0n) is 16.5. The molecule has 10 heteroatoms. The summed E-state index contributed by atoms with van der Waals surface area (Å²) in [6, 6.07) is 3.71. The molecule has 1 rings (SSSR count). The second kappa shape index (κ2) is 18.4. The predicted molar refractivity (Wildman–Crippen MR) is 103 cm³/mol. The van der Waals surface area contributed by atoms with Gasteiger partial charge in [-0.2, -0.15) is 0 Å². The monoisotopic (exact) mass is 398 g/mol. The summed E-state index contributed by atoms with van der Waals surface area (Å²) in [7, 11) is 0. The van der Waals surface area contributed by atoms with E-state index in [1.165, 1.54) is 0 Å². The molecule has 0 spiro atoms. The largest absolute Gasteiger partial charge is 0.491 e. The Labute approximate surface area is 165 Å². The van der Waals surface area contributed by atoms with Gasteiger partial charge in [0.15, 0.2) is 0 Å². The Morgan fingerprint density at radius 2 is 1.32 bits per heavy atom. The van der Waals surface area contributed by atoms with Crippen LogP contribution in [0.3, 0.4) is 0 Å². The van der Waals surface area contributed by atoms with Gasteiger partial charge in [-0.1, -0.05) is 5.11 Å². The van der Waals surface area contributed by atoms with Crippen molar-refractivity contribution in [1.29, 1.82) is 0 Å². The number of rotatable bonds is 19. The van der Waals surface area contributed by atoms with Gasteiger partial charge in [-0.05, 0) is 18.5 Å². The normalized spacial score (nSPS) is 10.6. The molecule has 0 radical (unpaired) electrons. The van der Waals surface area contributed by atoms with Crippen molar-refractivity contribution in [3.63, 3.8) is 0 Å². The molecule has 1 aromatic heterocycles. The van der Waals surface area contributed by atoms with Crippen LogP contribution in [-0.4, -0.2) is 84.2 Å². The fraction of sp³-hybridized carbons (Fsp3) is 0.722. The zero-order chi connectivity index (χ0) is 20.1. The summed E-state index contributed by atoms with van der Waals surface area (Å²) < 4.78 is 32.3. The van der Waals surface area contributed by atoms with Gasteiger partial charge in [0.05, 0.1) is 66.1 Å². The number of aryl methyl sites for hydroxylation is 1. The molecule has 0 saturated heterocycles. The summed E-state index contributed by atoms with van der Waals surface area (Å²) in [5.41, 5.74) is 9.01. The molecule has 158 valence electrons. The number of azide groups is 1. The second-order valence-corrected chi connectivity index (χ2v) is 5.50. The molecule has 0 amide bonds. The van der Waals surface area contributed by atoms with E-state index in [0.29, 0.717) is 79.2 Å². The molecule has 28 heavy (non-hydrogen) atoms. The Bertz CT molecular complexity index is 543. The Hall–Kier alpha value is -1.94. The molecule has 0 aromatic carbocycles. The minimum Gasteiger partial charge on any atom is -0.491 e. The molecule has 1 heterocycles. The molecule has 0 aliphatic heterocycles. The Balaban J connectivity index is 1.72. The summed E-state index contributed by atoms with van der Waals surface area (Å²) in [6.07, 6.45) is 1.72. The molecule has 0 aliphatic carbocycles. The van der Waals surface area contributed by atoms with Crippen LogP contribution in [0.5, 0.6) is 5.75 Å². The van der Waals surface area contributed by atoms with Gasteiger partial charge in [-0.15, -0.1) is 0 Å². The third-order valence-corrected chi connectivity index (χ3v) is 3.25. The molecular formula is C18H30N4O6.